The van der Waals surface area contributed by atoms with Gasteiger partial charge in [-0.15, -0.1) is 4.72 Å². The van der Waals surface area contributed by atoms with Crippen LogP contribution in [0.5, 0.6) is 0 Å². The molecule has 1 rings (SSSR count). The quantitative estimate of drug-likeness (QED) is 0.866. The first-order chi connectivity index (χ1) is 8.12. The standard InChI is InChI=1S/C11H15F3N2OS/c1-10(2,3)18(17)16-9(11(12,13)14)8-6-4-5-7-15-8/h4-7,9,16H,1-3H3/t9-,18?/m1/s1. The second-order valence-electron chi connectivity index (χ2n) is 4.73. The van der Waals surface area contributed by atoms with Crippen molar-refractivity contribution < 1.29 is 17.7 Å². The van der Waals surface area contributed by atoms with Crippen molar-refractivity contribution in [1.29, 1.82) is 0 Å². The lowest BCUT2D eigenvalue weighted by atomic mass is 10.2. The van der Waals surface area contributed by atoms with Gasteiger partial charge in [0.1, 0.15) is 4.75 Å². The summed E-state index contributed by atoms with van der Waals surface area (Å²) in [5.41, 5.74) is -0.192. The average Bonchev–Trinajstić information content (AvgIpc) is 2.23. The number of aromatic nitrogens is 1. The van der Waals surface area contributed by atoms with Gasteiger partial charge in [-0.05, 0) is 32.9 Å². The molecule has 0 saturated heterocycles. The molecule has 7 heteroatoms. The molecule has 18 heavy (non-hydrogen) atoms. The third-order valence-corrected chi connectivity index (χ3v) is 3.65. The molecule has 1 N–H and O–H groups in total. The highest BCUT2D eigenvalue weighted by atomic mass is 32.2. The number of pyridine rings is 1. The molecule has 0 fully saturated rings. The Bertz CT molecular complexity index is 378. The number of hydrogen-bond donors (Lipinski definition) is 1. The van der Waals surface area contributed by atoms with Crippen LogP contribution in [0.15, 0.2) is 24.4 Å². The Morgan fingerprint density at radius 1 is 1.28 bits per heavy atom. The second-order valence-corrected chi connectivity index (χ2v) is 6.73. The summed E-state index contributed by atoms with van der Waals surface area (Å²) in [5, 5.41) is 0. The minimum atomic E-state index is -4.55. The maximum Gasteiger partial charge on any atom is 0.413 e. The molecule has 0 aliphatic heterocycles. The van der Waals surface area contributed by atoms with Crippen molar-refractivity contribution >= 4 is 11.4 Å². The van der Waals surface area contributed by atoms with Crippen molar-refractivity contribution in [3.8, 4) is 0 Å². The zero-order chi connectivity index (χ0) is 14.0. The summed E-state index contributed by atoms with van der Waals surface area (Å²) in [6.07, 6.45) is -3.27. The number of alkyl halides is 3. The molecule has 1 unspecified atom stereocenters. The van der Waals surface area contributed by atoms with Crippen LogP contribution >= 0.6 is 0 Å². The number of nitrogens with one attached hydrogen (secondary N) is 1. The number of rotatable bonds is 3. The van der Waals surface area contributed by atoms with Crippen LogP contribution < -0.4 is 4.72 Å². The van der Waals surface area contributed by atoms with E-state index in [9.17, 15) is 17.7 Å². The number of hydrogen-bond acceptors (Lipinski definition) is 3. The van der Waals surface area contributed by atoms with Crippen LogP contribution in [0.2, 0.25) is 0 Å². The first-order valence-corrected chi connectivity index (χ1v) is 6.43. The fourth-order valence-electron chi connectivity index (χ4n) is 1.13. The van der Waals surface area contributed by atoms with Gasteiger partial charge >= 0.3 is 6.18 Å². The number of halogens is 3. The van der Waals surface area contributed by atoms with Crippen molar-refractivity contribution in [2.24, 2.45) is 0 Å². The molecule has 0 aliphatic carbocycles. The maximum absolute atomic E-state index is 12.9. The highest BCUT2D eigenvalue weighted by Crippen LogP contribution is 2.33. The molecule has 0 aromatic carbocycles. The van der Waals surface area contributed by atoms with E-state index < -0.39 is 28.3 Å². The first-order valence-electron chi connectivity index (χ1n) is 5.28. The molecule has 0 amide bonds. The lowest BCUT2D eigenvalue weighted by Crippen LogP contribution is -2.45. The molecule has 0 spiro atoms. The van der Waals surface area contributed by atoms with Crippen LogP contribution in [-0.2, 0) is 11.4 Å². The molecule has 1 aromatic rings. The van der Waals surface area contributed by atoms with E-state index in [0.717, 1.165) is 0 Å². The van der Waals surface area contributed by atoms with E-state index >= 15 is 0 Å². The van der Waals surface area contributed by atoms with E-state index in [-0.39, 0.29) is 5.69 Å². The molecule has 3 nitrogen and oxygen atoms in total. The van der Waals surface area contributed by atoms with Crippen LogP contribution in [0.1, 0.15) is 32.5 Å². The summed E-state index contributed by atoms with van der Waals surface area (Å²) in [5.74, 6) is 0. The van der Waals surface area contributed by atoms with Gasteiger partial charge in [-0.3, -0.25) is 4.98 Å². The molecule has 1 aromatic heterocycles. The van der Waals surface area contributed by atoms with Gasteiger partial charge in [-0.2, -0.15) is 13.2 Å². The van der Waals surface area contributed by atoms with Gasteiger partial charge in [0.2, 0.25) is 0 Å². The molecular weight excluding hydrogens is 265 g/mol. The Morgan fingerprint density at radius 3 is 2.28 bits per heavy atom. The van der Waals surface area contributed by atoms with Gasteiger partial charge in [-0.1, -0.05) is 6.07 Å². The van der Waals surface area contributed by atoms with Crippen molar-refractivity contribution in [2.45, 2.75) is 37.7 Å². The number of nitrogens with zero attached hydrogens (tertiary/aromatic N) is 1. The average molecular weight is 280 g/mol. The minimum Gasteiger partial charge on any atom is -0.598 e. The van der Waals surface area contributed by atoms with Crippen LogP contribution in [-0.4, -0.2) is 20.5 Å². The Balaban J connectivity index is 2.95. The van der Waals surface area contributed by atoms with E-state index in [1.807, 2.05) is 0 Å². The minimum absolute atomic E-state index is 0.192. The summed E-state index contributed by atoms with van der Waals surface area (Å²) in [6, 6.07) is 2.21. The fraction of sp³-hybridized carbons (Fsp3) is 0.545. The van der Waals surface area contributed by atoms with Gasteiger partial charge in [-0.25, -0.2) is 0 Å². The first kappa shape index (κ1) is 15.3. The SMILES string of the molecule is CC(C)(C)[S+]([O-])N[C@H](c1ccccn1)C(F)(F)F. The van der Waals surface area contributed by atoms with Crippen molar-refractivity contribution in [3.05, 3.63) is 30.1 Å². The van der Waals surface area contributed by atoms with E-state index in [1.54, 1.807) is 20.8 Å². The molecule has 0 saturated carbocycles. The van der Waals surface area contributed by atoms with Gasteiger partial charge in [0.05, 0.1) is 5.69 Å². The Morgan fingerprint density at radius 2 is 1.89 bits per heavy atom. The molecule has 102 valence electrons. The molecular formula is C11H15F3N2OS. The van der Waals surface area contributed by atoms with E-state index in [2.05, 4.69) is 9.71 Å². The van der Waals surface area contributed by atoms with Gasteiger partial charge < -0.3 is 4.55 Å². The molecule has 1 heterocycles. The van der Waals surface area contributed by atoms with Gasteiger partial charge in [0.25, 0.3) is 0 Å². The second kappa shape index (κ2) is 5.46. The largest absolute Gasteiger partial charge is 0.598 e. The molecule has 2 atom stereocenters. The predicted octanol–water partition coefficient (Wildman–Crippen LogP) is 2.74. The van der Waals surface area contributed by atoms with Crippen LogP contribution in [0.3, 0.4) is 0 Å². The highest BCUT2D eigenvalue weighted by molar-refractivity contribution is 7.90. The lowest BCUT2D eigenvalue weighted by Gasteiger charge is -2.28. The summed E-state index contributed by atoms with van der Waals surface area (Å²) >= 11 is -1.82. The summed E-state index contributed by atoms with van der Waals surface area (Å²) < 4.78 is 51.8. The van der Waals surface area contributed by atoms with Gasteiger partial charge in [0.15, 0.2) is 6.04 Å². The van der Waals surface area contributed by atoms with E-state index in [1.165, 1.54) is 24.4 Å². The van der Waals surface area contributed by atoms with Gasteiger partial charge in [0, 0.05) is 17.6 Å². The van der Waals surface area contributed by atoms with Crippen molar-refractivity contribution in [3.63, 3.8) is 0 Å². The Labute approximate surface area is 107 Å². The summed E-state index contributed by atoms with van der Waals surface area (Å²) in [6.45, 7) is 4.80. The topological polar surface area (TPSA) is 48.0 Å². The van der Waals surface area contributed by atoms with Crippen LogP contribution in [0.4, 0.5) is 13.2 Å². The summed E-state index contributed by atoms with van der Waals surface area (Å²) in [4.78, 5) is 3.66. The van der Waals surface area contributed by atoms with E-state index in [0.29, 0.717) is 0 Å². The molecule has 0 bridgehead atoms. The normalized spacial score (nSPS) is 16.4. The Kier molecular flexibility index (Phi) is 4.63. The fourth-order valence-corrected chi connectivity index (χ4v) is 1.95. The smallest absolute Gasteiger partial charge is 0.413 e. The van der Waals surface area contributed by atoms with Crippen molar-refractivity contribution in [1.82, 2.24) is 9.71 Å². The monoisotopic (exact) mass is 280 g/mol. The molecule has 0 aliphatic rings. The van der Waals surface area contributed by atoms with Crippen LogP contribution in [0.25, 0.3) is 0 Å². The third-order valence-electron chi connectivity index (χ3n) is 2.09. The molecule has 0 radical (unpaired) electrons. The van der Waals surface area contributed by atoms with Crippen molar-refractivity contribution in [2.75, 3.05) is 0 Å². The maximum atomic E-state index is 12.9. The summed E-state index contributed by atoms with van der Waals surface area (Å²) in [7, 11) is 0. The van der Waals surface area contributed by atoms with Crippen LogP contribution in [0, 0.1) is 0 Å². The zero-order valence-corrected chi connectivity index (χ0v) is 11.1. The third kappa shape index (κ3) is 4.15. The van der Waals surface area contributed by atoms with E-state index in [4.69, 9.17) is 0 Å². The highest BCUT2D eigenvalue weighted by Gasteiger charge is 2.46. The lowest BCUT2D eigenvalue weighted by molar-refractivity contribution is -0.153. The zero-order valence-electron chi connectivity index (χ0n) is 10.3. The predicted molar refractivity (Wildman–Crippen MR) is 64.1 cm³/mol. The Hall–Kier alpha value is -0.790.